The van der Waals surface area contributed by atoms with Crippen molar-refractivity contribution in [3.05, 3.63) is 0 Å². The first-order valence-electron chi connectivity index (χ1n) is 9.79. The van der Waals surface area contributed by atoms with E-state index in [0.29, 0.717) is 33.1 Å². The molecular weight excluding hydrogens is 361 g/mol. The van der Waals surface area contributed by atoms with Gasteiger partial charge in [-0.3, -0.25) is 14.3 Å². The van der Waals surface area contributed by atoms with Crippen LogP contribution in [0.3, 0.4) is 0 Å². The Kier molecular flexibility index (Phi) is 8.56. The van der Waals surface area contributed by atoms with Gasteiger partial charge in [0.1, 0.15) is 0 Å². The van der Waals surface area contributed by atoms with E-state index in [4.69, 9.17) is 0 Å². The minimum absolute atomic E-state index is 0.387. The second-order valence-corrected chi connectivity index (χ2v) is 12.5. The van der Waals surface area contributed by atoms with Crippen molar-refractivity contribution in [1.82, 2.24) is 4.67 Å². The van der Waals surface area contributed by atoms with Gasteiger partial charge in [-0.2, -0.15) is 0 Å². The summed E-state index contributed by atoms with van der Waals surface area (Å²) < 4.78 is 2.38. The first-order valence-corrected chi connectivity index (χ1v) is 10.8. The fraction of sp³-hybridized carbons (Fsp3) is 0.905. The van der Waals surface area contributed by atoms with Crippen LogP contribution >= 0.6 is 8.73 Å². The minimum Gasteiger partial charge on any atom is -0.481 e. The molecule has 0 bridgehead atoms. The molecule has 2 N–H and O–H groups in total. The van der Waals surface area contributed by atoms with Crippen molar-refractivity contribution >= 4 is 20.7 Å². The van der Waals surface area contributed by atoms with E-state index in [2.05, 4.69) is 53.1 Å². The van der Waals surface area contributed by atoms with Crippen LogP contribution in [0.15, 0.2) is 0 Å². The summed E-state index contributed by atoms with van der Waals surface area (Å²) in [6, 6.07) is 0. The lowest BCUT2D eigenvalue weighted by molar-refractivity contribution is -0.149. The van der Waals surface area contributed by atoms with Gasteiger partial charge in [0.25, 0.3) is 0 Å². The standard InChI is InChI=1S/C21H42NO4P/c1-14(2)15(3)27-22(20(8,9)12-18(4,5)16(23)24)21(10,11)13-19(6,7)17(25)26/h14-15,27H,12-13H2,1-11H3,(H,23,24)(H,25,26). The molecule has 160 valence electrons. The van der Waals surface area contributed by atoms with Crippen molar-refractivity contribution in [2.24, 2.45) is 16.7 Å². The van der Waals surface area contributed by atoms with Crippen LogP contribution in [-0.4, -0.2) is 43.6 Å². The van der Waals surface area contributed by atoms with E-state index in [1.165, 1.54) is 0 Å². The third-order valence-corrected chi connectivity index (χ3v) is 7.99. The Balaban J connectivity index is 6.00. The molecule has 0 aromatic heterocycles. The molecule has 6 heteroatoms. The Morgan fingerprint density at radius 1 is 0.778 bits per heavy atom. The van der Waals surface area contributed by atoms with Crippen molar-refractivity contribution in [1.29, 1.82) is 0 Å². The summed E-state index contributed by atoms with van der Waals surface area (Å²) in [7, 11) is 0.487. The van der Waals surface area contributed by atoms with Crippen LogP contribution in [0.2, 0.25) is 0 Å². The predicted octanol–water partition coefficient (Wildman–Crippen LogP) is 5.49. The zero-order valence-electron chi connectivity index (χ0n) is 19.2. The number of nitrogens with zero attached hydrogens (tertiary/aromatic N) is 1. The Labute approximate surface area is 168 Å². The van der Waals surface area contributed by atoms with Gasteiger partial charge in [0.2, 0.25) is 0 Å². The van der Waals surface area contributed by atoms with Crippen LogP contribution in [0.1, 0.15) is 89.0 Å². The highest BCUT2D eigenvalue weighted by molar-refractivity contribution is 7.36. The van der Waals surface area contributed by atoms with E-state index < -0.39 is 22.8 Å². The number of hydrogen-bond donors (Lipinski definition) is 2. The zero-order valence-corrected chi connectivity index (χ0v) is 20.2. The monoisotopic (exact) mass is 403 g/mol. The summed E-state index contributed by atoms with van der Waals surface area (Å²) in [5.41, 5.74) is -2.05. The molecule has 0 aromatic rings. The quantitative estimate of drug-likeness (QED) is 0.446. The smallest absolute Gasteiger partial charge is 0.309 e. The van der Waals surface area contributed by atoms with Gasteiger partial charge in [-0.25, -0.2) is 0 Å². The van der Waals surface area contributed by atoms with Crippen LogP contribution in [-0.2, 0) is 9.59 Å². The number of carboxylic acids is 2. The van der Waals surface area contributed by atoms with Crippen molar-refractivity contribution in [3.63, 3.8) is 0 Å². The topological polar surface area (TPSA) is 77.8 Å². The normalized spacial score (nSPS) is 15.7. The SMILES string of the molecule is CC(C)C(C)PN(C(C)(C)CC(C)(C)C(=O)O)C(C)(C)CC(C)(C)C(=O)O. The average molecular weight is 404 g/mol. The summed E-state index contributed by atoms with van der Waals surface area (Å²) in [6.07, 6.45) is 0.980. The van der Waals surface area contributed by atoms with Crippen LogP contribution < -0.4 is 0 Å². The second-order valence-electron chi connectivity index (χ2n) is 10.9. The summed E-state index contributed by atoms with van der Waals surface area (Å²) in [5, 5.41) is 19.2. The zero-order chi connectivity index (χ0) is 22.0. The molecule has 0 fully saturated rings. The van der Waals surface area contributed by atoms with Crippen molar-refractivity contribution in [2.45, 2.75) is 106 Å². The first kappa shape index (κ1) is 26.3. The highest BCUT2D eigenvalue weighted by Gasteiger charge is 2.46. The maximum absolute atomic E-state index is 11.7. The van der Waals surface area contributed by atoms with Gasteiger partial charge >= 0.3 is 11.9 Å². The van der Waals surface area contributed by atoms with Gasteiger partial charge in [-0.15, -0.1) is 0 Å². The van der Waals surface area contributed by atoms with E-state index in [-0.39, 0.29) is 11.1 Å². The maximum atomic E-state index is 11.7. The highest BCUT2D eigenvalue weighted by atomic mass is 31.1. The number of carboxylic acid groups (broad SMARTS) is 2. The van der Waals surface area contributed by atoms with E-state index in [9.17, 15) is 19.8 Å². The second kappa shape index (κ2) is 8.78. The van der Waals surface area contributed by atoms with Gasteiger partial charge in [0, 0.05) is 11.1 Å². The molecule has 0 rings (SSSR count). The lowest BCUT2D eigenvalue weighted by Gasteiger charge is -2.53. The van der Waals surface area contributed by atoms with Crippen LogP contribution in [0, 0.1) is 16.7 Å². The van der Waals surface area contributed by atoms with Crippen LogP contribution in [0.4, 0.5) is 0 Å². The first-order chi connectivity index (χ1) is 11.8. The predicted molar refractivity (Wildman–Crippen MR) is 115 cm³/mol. The molecule has 0 saturated carbocycles. The fourth-order valence-electron chi connectivity index (χ4n) is 3.99. The molecule has 0 saturated heterocycles. The summed E-state index contributed by atoms with van der Waals surface area (Å²) in [4.78, 5) is 23.5. The van der Waals surface area contributed by atoms with Crippen LogP contribution in [0.5, 0.6) is 0 Å². The molecule has 0 aliphatic heterocycles. The Hall–Kier alpha value is -0.670. The molecule has 0 radical (unpaired) electrons. The Morgan fingerprint density at radius 3 is 1.30 bits per heavy atom. The molecule has 27 heavy (non-hydrogen) atoms. The number of carbonyl (C=O) groups is 2. The molecular formula is C21H42NO4P. The van der Waals surface area contributed by atoms with E-state index >= 15 is 0 Å². The van der Waals surface area contributed by atoms with Gasteiger partial charge < -0.3 is 10.2 Å². The number of hydrogen-bond acceptors (Lipinski definition) is 3. The molecule has 0 aliphatic carbocycles. The molecule has 5 nitrogen and oxygen atoms in total. The largest absolute Gasteiger partial charge is 0.481 e. The lowest BCUT2D eigenvalue weighted by Crippen LogP contribution is -2.55. The molecule has 0 spiro atoms. The molecule has 0 aromatic carbocycles. The van der Waals surface area contributed by atoms with E-state index in [1.807, 2.05) is 0 Å². The van der Waals surface area contributed by atoms with E-state index in [1.54, 1.807) is 27.7 Å². The lowest BCUT2D eigenvalue weighted by atomic mass is 9.76. The van der Waals surface area contributed by atoms with E-state index in [0.717, 1.165) is 0 Å². The maximum Gasteiger partial charge on any atom is 0.309 e. The average Bonchev–Trinajstić information content (AvgIpc) is 2.41. The van der Waals surface area contributed by atoms with Crippen molar-refractivity contribution in [2.75, 3.05) is 0 Å². The summed E-state index contributed by atoms with van der Waals surface area (Å²) in [6.45, 7) is 22.0. The van der Waals surface area contributed by atoms with Gasteiger partial charge in [0.05, 0.1) is 10.8 Å². The molecule has 0 aliphatic rings. The molecule has 2 atom stereocenters. The minimum atomic E-state index is -0.855. The molecule has 0 amide bonds. The fourth-order valence-corrected chi connectivity index (χ4v) is 5.56. The molecule has 0 heterocycles. The van der Waals surface area contributed by atoms with Gasteiger partial charge in [0.15, 0.2) is 0 Å². The number of rotatable bonds is 11. The Morgan fingerprint density at radius 2 is 1.07 bits per heavy atom. The third kappa shape index (κ3) is 7.34. The Bertz CT molecular complexity index is 498. The van der Waals surface area contributed by atoms with Crippen molar-refractivity contribution < 1.29 is 19.8 Å². The molecule has 2 unspecified atom stereocenters. The van der Waals surface area contributed by atoms with Crippen LogP contribution in [0.25, 0.3) is 0 Å². The number of aliphatic carboxylic acids is 2. The summed E-state index contributed by atoms with van der Waals surface area (Å²) in [5.74, 6) is -1.11. The highest BCUT2D eigenvalue weighted by Crippen LogP contribution is 2.48. The summed E-state index contributed by atoms with van der Waals surface area (Å²) >= 11 is 0. The van der Waals surface area contributed by atoms with Crippen molar-refractivity contribution in [3.8, 4) is 0 Å². The van der Waals surface area contributed by atoms with Gasteiger partial charge in [-0.1, -0.05) is 20.8 Å². The van der Waals surface area contributed by atoms with Gasteiger partial charge in [-0.05, 0) is 88.5 Å². The third-order valence-electron chi connectivity index (χ3n) is 5.45.